The fourth-order valence-electron chi connectivity index (χ4n) is 3.43. The van der Waals surface area contributed by atoms with Gasteiger partial charge < -0.3 is 19.7 Å². The van der Waals surface area contributed by atoms with E-state index in [4.69, 9.17) is 0 Å². The van der Waals surface area contributed by atoms with Crippen LogP contribution in [-0.2, 0) is 13.1 Å². The molecule has 0 atom stereocenters. The van der Waals surface area contributed by atoms with Gasteiger partial charge in [0.25, 0.3) is 0 Å². The zero-order valence-corrected chi connectivity index (χ0v) is 15.8. The van der Waals surface area contributed by atoms with E-state index in [0.29, 0.717) is 6.54 Å². The molecule has 138 valence electrons. The maximum absolute atomic E-state index is 12.5. The van der Waals surface area contributed by atoms with Crippen molar-refractivity contribution in [2.24, 2.45) is 0 Å². The van der Waals surface area contributed by atoms with E-state index in [9.17, 15) is 4.79 Å². The Kier molecular flexibility index (Phi) is 5.01. The fourth-order valence-corrected chi connectivity index (χ4v) is 4.39. The lowest BCUT2D eigenvalue weighted by Crippen LogP contribution is -2.41. The van der Waals surface area contributed by atoms with E-state index in [0.717, 1.165) is 61.4 Å². The second kappa shape index (κ2) is 7.57. The zero-order valence-electron chi connectivity index (χ0n) is 15.0. The number of carbonyl (C=O) groups is 1. The Morgan fingerprint density at radius 2 is 2.19 bits per heavy atom. The highest BCUT2D eigenvalue weighted by atomic mass is 32.2. The lowest BCUT2D eigenvalue weighted by Gasteiger charge is -2.24. The number of amides is 2. The molecule has 0 unspecified atom stereocenters. The van der Waals surface area contributed by atoms with Crippen molar-refractivity contribution in [2.45, 2.75) is 31.6 Å². The summed E-state index contributed by atoms with van der Waals surface area (Å²) in [5.74, 6) is 1.09. The van der Waals surface area contributed by atoms with Crippen molar-refractivity contribution in [2.75, 3.05) is 36.8 Å². The first-order valence-electron chi connectivity index (χ1n) is 9.08. The van der Waals surface area contributed by atoms with Crippen molar-refractivity contribution in [1.82, 2.24) is 24.8 Å². The van der Waals surface area contributed by atoms with E-state index in [1.54, 1.807) is 11.8 Å². The molecule has 1 fully saturated rings. The second-order valence-electron chi connectivity index (χ2n) is 6.70. The minimum absolute atomic E-state index is 0.00132. The Morgan fingerprint density at radius 1 is 1.27 bits per heavy atom. The van der Waals surface area contributed by atoms with E-state index >= 15 is 0 Å². The molecule has 26 heavy (non-hydrogen) atoms. The highest BCUT2D eigenvalue weighted by molar-refractivity contribution is 7.99. The predicted octanol–water partition coefficient (Wildman–Crippen LogP) is 2.11. The molecule has 0 radical (unpaired) electrons. The van der Waals surface area contributed by atoms with Crippen LogP contribution < -0.4 is 10.2 Å². The summed E-state index contributed by atoms with van der Waals surface area (Å²) >= 11 is 1.77. The normalized spacial score (nSPS) is 17.1. The summed E-state index contributed by atoms with van der Waals surface area (Å²) in [6.45, 7) is 6.81. The van der Waals surface area contributed by atoms with Crippen LogP contribution >= 0.6 is 11.8 Å². The van der Waals surface area contributed by atoms with Crippen molar-refractivity contribution in [1.29, 1.82) is 0 Å². The van der Waals surface area contributed by atoms with Gasteiger partial charge in [-0.2, -0.15) is 0 Å². The molecule has 2 aromatic rings. The molecule has 2 aromatic heterocycles. The highest BCUT2D eigenvalue weighted by Crippen LogP contribution is 2.24. The van der Waals surface area contributed by atoms with Gasteiger partial charge >= 0.3 is 6.03 Å². The first kappa shape index (κ1) is 17.2. The van der Waals surface area contributed by atoms with Gasteiger partial charge in [0.05, 0.1) is 12.2 Å². The van der Waals surface area contributed by atoms with Gasteiger partial charge in [-0.25, -0.2) is 9.78 Å². The molecule has 1 saturated heterocycles. The average Bonchev–Trinajstić information content (AvgIpc) is 3.13. The molecule has 0 bridgehead atoms. The molecule has 2 aliphatic heterocycles. The van der Waals surface area contributed by atoms with Gasteiger partial charge in [0.1, 0.15) is 0 Å². The number of hydrogen-bond acceptors (Lipinski definition) is 5. The maximum atomic E-state index is 12.5. The molecule has 2 aliphatic rings. The lowest BCUT2D eigenvalue weighted by atomic mass is 10.3. The summed E-state index contributed by atoms with van der Waals surface area (Å²) in [4.78, 5) is 25.6. The molecule has 0 aliphatic carbocycles. The number of nitrogens with zero attached hydrogens (tertiary/aromatic N) is 5. The Morgan fingerprint density at radius 3 is 3.04 bits per heavy atom. The van der Waals surface area contributed by atoms with Crippen LogP contribution in [0.2, 0.25) is 0 Å². The maximum Gasteiger partial charge on any atom is 0.317 e. The first-order chi connectivity index (χ1) is 12.7. The fraction of sp³-hybridized carbons (Fsp3) is 0.500. The molecule has 4 heterocycles. The van der Waals surface area contributed by atoms with Gasteiger partial charge in [-0.1, -0.05) is 11.8 Å². The number of aryl methyl sites for hydroxylation is 2. The Labute approximate surface area is 157 Å². The molecular weight excluding hydrogens is 348 g/mol. The number of thioether (sulfide) groups is 1. The average molecular weight is 372 g/mol. The van der Waals surface area contributed by atoms with Gasteiger partial charge in [-0.3, -0.25) is 4.98 Å². The highest BCUT2D eigenvalue weighted by Gasteiger charge is 2.20. The van der Waals surface area contributed by atoms with Crippen LogP contribution in [0.5, 0.6) is 0 Å². The molecular formula is C18H24N6OS. The quantitative estimate of drug-likeness (QED) is 0.894. The minimum atomic E-state index is -0.00132. The number of hydrogen-bond donors (Lipinski definition) is 1. The number of urea groups is 1. The van der Waals surface area contributed by atoms with Crippen molar-refractivity contribution in [3.05, 3.63) is 35.9 Å². The van der Waals surface area contributed by atoms with Crippen LogP contribution in [0.3, 0.4) is 0 Å². The molecule has 7 nitrogen and oxygen atoms in total. The smallest absolute Gasteiger partial charge is 0.317 e. The van der Waals surface area contributed by atoms with Crippen LogP contribution in [0.4, 0.5) is 10.5 Å². The lowest BCUT2D eigenvalue weighted by molar-refractivity contribution is 0.201. The van der Waals surface area contributed by atoms with E-state index in [-0.39, 0.29) is 6.03 Å². The Hall–Kier alpha value is -2.22. The third kappa shape index (κ3) is 3.80. The number of aromatic nitrogens is 3. The van der Waals surface area contributed by atoms with Crippen LogP contribution in [-0.4, -0.2) is 57.4 Å². The number of pyridine rings is 1. The largest absolute Gasteiger partial charge is 0.370 e. The zero-order chi connectivity index (χ0) is 17.9. The van der Waals surface area contributed by atoms with Crippen LogP contribution in [0.1, 0.15) is 17.8 Å². The van der Waals surface area contributed by atoms with Crippen molar-refractivity contribution >= 4 is 23.5 Å². The first-order valence-corrected chi connectivity index (χ1v) is 10.1. The Bertz CT molecular complexity index is 770. The SMILES string of the molecule is Cc1cc(N2CCCN(C(=O)NCc3cn4c(n3)SCC4)CC2)ccn1. The number of imidazole rings is 1. The monoisotopic (exact) mass is 372 g/mol. The van der Waals surface area contributed by atoms with E-state index < -0.39 is 0 Å². The summed E-state index contributed by atoms with van der Waals surface area (Å²) in [5, 5.41) is 4.08. The number of rotatable bonds is 3. The van der Waals surface area contributed by atoms with Gasteiger partial charge in [0.15, 0.2) is 5.16 Å². The summed E-state index contributed by atoms with van der Waals surface area (Å²) in [6, 6.07) is 4.14. The van der Waals surface area contributed by atoms with Gasteiger partial charge in [-0.15, -0.1) is 0 Å². The van der Waals surface area contributed by atoms with Crippen molar-refractivity contribution in [3.8, 4) is 0 Å². The molecule has 4 rings (SSSR count). The van der Waals surface area contributed by atoms with Gasteiger partial charge in [0.2, 0.25) is 0 Å². The van der Waals surface area contributed by atoms with E-state index in [1.165, 1.54) is 5.69 Å². The van der Waals surface area contributed by atoms with Gasteiger partial charge in [0, 0.05) is 62.3 Å². The third-order valence-corrected chi connectivity index (χ3v) is 5.77. The number of anilines is 1. The number of nitrogens with one attached hydrogen (secondary N) is 1. The molecule has 1 N–H and O–H groups in total. The molecule has 0 aromatic carbocycles. The van der Waals surface area contributed by atoms with Gasteiger partial charge in [-0.05, 0) is 25.5 Å². The number of carbonyl (C=O) groups excluding carboxylic acids is 1. The summed E-state index contributed by atoms with van der Waals surface area (Å²) in [7, 11) is 0. The minimum Gasteiger partial charge on any atom is -0.370 e. The molecule has 0 spiro atoms. The predicted molar refractivity (Wildman–Crippen MR) is 103 cm³/mol. The summed E-state index contributed by atoms with van der Waals surface area (Å²) < 4.78 is 2.16. The third-order valence-electron chi connectivity index (χ3n) is 4.80. The Balaban J connectivity index is 1.31. The molecule has 8 heteroatoms. The van der Waals surface area contributed by atoms with E-state index in [2.05, 4.69) is 30.8 Å². The van der Waals surface area contributed by atoms with Crippen LogP contribution in [0, 0.1) is 6.92 Å². The topological polar surface area (TPSA) is 66.3 Å². The van der Waals surface area contributed by atoms with Crippen LogP contribution in [0.15, 0.2) is 29.7 Å². The number of fused-ring (bicyclic) bond motifs is 1. The van der Waals surface area contributed by atoms with Crippen molar-refractivity contribution in [3.63, 3.8) is 0 Å². The second-order valence-corrected chi connectivity index (χ2v) is 7.76. The summed E-state index contributed by atoms with van der Waals surface area (Å²) in [6.07, 6.45) is 4.86. The van der Waals surface area contributed by atoms with Crippen molar-refractivity contribution < 1.29 is 4.79 Å². The standard InChI is InChI=1S/C18H24N6OS/c1-14-11-16(3-4-19-14)22-5-2-6-23(8-7-22)17(25)20-12-15-13-24-9-10-26-18(24)21-15/h3-4,11,13H,2,5-10,12H2,1H3,(H,20,25). The summed E-state index contributed by atoms with van der Waals surface area (Å²) in [5.41, 5.74) is 3.14. The van der Waals surface area contributed by atoms with E-state index in [1.807, 2.05) is 30.3 Å². The molecule has 2 amide bonds. The molecule has 0 saturated carbocycles. The van der Waals surface area contributed by atoms with Crippen LogP contribution in [0.25, 0.3) is 0 Å².